The molecule has 1 fully saturated rings. The largest absolute Gasteiger partial charge is 0.484 e. The van der Waals surface area contributed by atoms with Gasteiger partial charge in [-0.05, 0) is 30.0 Å². The van der Waals surface area contributed by atoms with Crippen LogP contribution < -0.4 is 10.3 Å². The van der Waals surface area contributed by atoms with Crippen molar-refractivity contribution in [1.82, 2.24) is 14.4 Å². The van der Waals surface area contributed by atoms with Crippen molar-refractivity contribution in [3.63, 3.8) is 0 Å². The van der Waals surface area contributed by atoms with Crippen molar-refractivity contribution in [3.8, 4) is 5.75 Å². The molecule has 2 amide bonds. The highest BCUT2D eigenvalue weighted by Gasteiger charge is 2.22. The highest BCUT2D eigenvalue weighted by molar-refractivity contribution is 5.85. The summed E-state index contributed by atoms with van der Waals surface area (Å²) in [5.41, 5.74) is 1.85. The summed E-state index contributed by atoms with van der Waals surface area (Å²) in [7, 11) is 0. The molecule has 0 radical (unpaired) electrons. The molecule has 0 N–H and O–H groups in total. The second-order valence-corrected chi connectivity index (χ2v) is 8.10. The van der Waals surface area contributed by atoms with Crippen LogP contribution in [0.4, 0.5) is 0 Å². The van der Waals surface area contributed by atoms with Gasteiger partial charge in [0.05, 0.1) is 5.52 Å². The van der Waals surface area contributed by atoms with Crippen LogP contribution in [0, 0.1) is 0 Å². The number of hydrogen-bond donors (Lipinski definition) is 0. The van der Waals surface area contributed by atoms with Crippen molar-refractivity contribution in [2.24, 2.45) is 0 Å². The first-order valence-corrected chi connectivity index (χ1v) is 10.7. The van der Waals surface area contributed by atoms with E-state index in [0.717, 1.165) is 22.9 Å². The van der Waals surface area contributed by atoms with E-state index in [1.165, 1.54) is 0 Å². The zero-order valence-corrected chi connectivity index (χ0v) is 18.3. The molecule has 1 aromatic heterocycles. The lowest BCUT2D eigenvalue weighted by atomic mass is 9.98. The lowest BCUT2D eigenvalue weighted by Gasteiger charge is -2.34. The van der Waals surface area contributed by atoms with Gasteiger partial charge < -0.3 is 19.1 Å². The number of rotatable bonds is 6. The maximum atomic E-state index is 12.6. The minimum Gasteiger partial charge on any atom is -0.484 e. The first-order valence-electron chi connectivity index (χ1n) is 10.7. The molecule has 2 aromatic rings. The number of carbonyl (C=O) groups excluding carboxylic acids is 2. The summed E-state index contributed by atoms with van der Waals surface area (Å²) in [4.78, 5) is 40.1. The molecule has 0 spiro atoms. The summed E-state index contributed by atoms with van der Waals surface area (Å²) >= 11 is 0. The zero-order chi connectivity index (χ0) is 21.8. The molecule has 7 heteroatoms. The normalized spacial score (nSPS) is 14.4. The van der Waals surface area contributed by atoms with Gasteiger partial charge in [0.25, 0.3) is 11.5 Å². The Hall–Kier alpha value is -2.83. The molecule has 0 atom stereocenters. The third-order valence-electron chi connectivity index (χ3n) is 5.63. The molecule has 3 rings (SSSR count). The molecule has 1 aliphatic rings. The van der Waals surface area contributed by atoms with Crippen LogP contribution in [0.2, 0.25) is 0 Å². The van der Waals surface area contributed by atoms with E-state index in [4.69, 9.17) is 4.74 Å². The number of piperazine rings is 1. The van der Waals surface area contributed by atoms with Crippen LogP contribution in [0.3, 0.4) is 0 Å². The molecular weight excluding hydrogens is 382 g/mol. The Morgan fingerprint density at radius 2 is 1.73 bits per heavy atom. The van der Waals surface area contributed by atoms with Crippen LogP contribution in [0.1, 0.15) is 45.6 Å². The lowest BCUT2D eigenvalue weighted by molar-refractivity contribution is -0.139. The van der Waals surface area contributed by atoms with Crippen LogP contribution in [0.25, 0.3) is 10.9 Å². The first-order chi connectivity index (χ1) is 14.3. The zero-order valence-electron chi connectivity index (χ0n) is 18.3. The average Bonchev–Trinajstić information content (AvgIpc) is 2.73. The fourth-order valence-electron chi connectivity index (χ4n) is 3.92. The first kappa shape index (κ1) is 21.9. The third-order valence-corrected chi connectivity index (χ3v) is 5.63. The molecule has 162 valence electrons. The minimum atomic E-state index is -0.0971. The second kappa shape index (κ2) is 9.32. The molecule has 0 saturated carbocycles. The van der Waals surface area contributed by atoms with E-state index in [2.05, 4.69) is 13.8 Å². The number of aryl methyl sites for hydroxylation is 1. The van der Waals surface area contributed by atoms with Gasteiger partial charge in [0.1, 0.15) is 5.75 Å². The SMILES string of the molecule is CCCn1c(=O)cc(C(C)C)c2ccc(OCC(=O)N3CCN(C(C)=O)CC3)cc21. The Bertz CT molecular complexity index is 988. The van der Waals surface area contributed by atoms with Gasteiger partial charge in [0, 0.05) is 57.2 Å². The molecule has 0 aliphatic carbocycles. The van der Waals surface area contributed by atoms with Gasteiger partial charge in [-0.25, -0.2) is 0 Å². The van der Waals surface area contributed by atoms with E-state index in [1.807, 2.05) is 25.1 Å². The van der Waals surface area contributed by atoms with Crippen molar-refractivity contribution in [2.45, 2.75) is 46.6 Å². The molecule has 0 bridgehead atoms. The van der Waals surface area contributed by atoms with Crippen LogP contribution in [0.15, 0.2) is 29.1 Å². The second-order valence-electron chi connectivity index (χ2n) is 8.10. The number of ether oxygens (including phenoxy) is 1. The van der Waals surface area contributed by atoms with Crippen LogP contribution in [-0.4, -0.2) is 59.0 Å². The number of fused-ring (bicyclic) bond motifs is 1. The molecule has 2 heterocycles. The third kappa shape index (κ3) is 4.66. The van der Waals surface area contributed by atoms with E-state index >= 15 is 0 Å². The van der Waals surface area contributed by atoms with Crippen LogP contribution >= 0.6 is 0 Å². The lowest BCUT2D eigenvalue weighted by Crippen LogP contribution is -2.51. The van der Waals surface area contributed by atoms with Gasteiger partial charge in [-0.3, -0.25) is 14.4 Å². The summed E-state index contributed by atoms with van der Waals surface area (Å²) in [6.45, 7) is 10.5. The number of amides is 2. The Kier molecular flexibility index (Phi) is 6.80. The smallest absolute Gasteiger partial charge is 0.260 e. The number of pyridine rings is 1. The van der Waals surface area contributed by atoms with Crippen molar-refractivity contribution >= 4 is 22.7 Å². The number of carbonyl (C=O) groups is 2. The van der Waals surface area contributed by atoms with E-state index in [1.54, 1.807) is 27.4 Å². The monoisotopic (exact) mass is 413 g/mol. The standard InChI is InChI=1S/C23H31N3O4/c1-5-8-26-21-13-18(6-7-19(21)20(16(2)3)14-22(26)28)30-15-23(29)25-11-9-24(10-12-25)17(4)27/h6-7,13-14,16H,5,8-12,15H2,1-4H3. The molecule has 1 aromatic carbocycles. The van der Waals surface area contributed by atoms with Crippen molar-refractivity contribution in [2.75, 3.05) is 32.8 Å². The summed E-state index contributed by atoms with van der Waals surface area (Å²) < 4.78 is 7.56. The van der Waals surface area contributed by atoms with Gasteiger partial charge in [-0.2, -0.15) is 0 Å². The maximum absolute atomic E-state index is 12.6. The van der Waals surface area contributed by atoms with Crippen LogP contribution in [-0.2, 0) is 16.1 Å². The summed E-state index contributed by atoms with van der Waals surface area (Å²) in [6, 6.07) is 7.42. The van der Waals surface area contributed by atoms with Gasteiger partial charge >= 0.3 is 0 Å². The molecule has 0 unspecified atom stereocenters. The summed E-state index contributed by atoms with van der Waals surface area (Å²) in [5, 5.41) is 1.04. The number of benzene rings is 1. The minimum absolute atomic E-state index is 0.00961. The molecule has 1 saturated heterocycles. The van der Waals surface area contributed by atoms with Crippen LogP contribution in [0.5, 0.6) is 5.75 Å². The maximum Gasteiger partial charge on any atom is 0.260 e. The molecule has 30 heavy (non-hydrogen) atoms. The number of nitrogens with zero attached hydrogens (tertiary/aromatic N) is 3. The molecule has 1 aliphatic heterocycles. The van der Waals surface area contributed by atoms with Crippen molar-refractivity contribution < 1.29 is 14.3 Å². The average molecular weight is 414 g/mol. The number of aromatic nitrogens is 1. The van der Waals surface area contributed by atoms with E-state index in [0.29, 0.717) is 38.5 Å². The Morgan fingerprint density at radius 3 is 2.33 bits per heavy atom. The molecular formula is C23H31N3O4. The van der Waals surface area contributed by atoms with Crippen molar-refractivity contribution in [1.29, 1.82) is 0 Å². The summed E-state index contributed by atoms with van der Waals surface area (Å²) in [5.74, 6) is 0.746. The van der Waals surface area contributed by atoms with Gasteiger partial charge in [-0.1, -0.05) is 20.8 Å². The predicted molar refractivity (Wildman–Crippen MR) is 117 cm³/mol. The number of hydrogen-bond acceptors (Lipinski definition) is 4. The quantitative estimate of drug-likeness (QED) is 0.730. The molecule has 7 nitrogen and oxygen atoms in total. The fraction of sp³-hybridized carbons (Fsp3) is 0.522. The van der Waals surface area contributed by atoms with E-state index in [9.17, 15) is 14.4 Å². The Labute approximate surface area is 177 Å². The highest BCUT2D eigenvalue weighted by Crippen LogP contribution is 2.27. The van der Waals surface area contributed by atoms with E-state index in [-0.39, 0.29) is 29.9 Å². The predicted octanol–water partition coefficient (Wildman–Crippen LogP) is 2.60. The van der Waals surface area contributed by atoms with E-state index < -0.39 is 0 Å². The van der Waals surface area contributed by atoms with Gasteiger partial charge in [0.15, 0.2) is 6.61 Å². The topological polar surface area (TPSA) is 71.8 Å². The highest BCUT2D eigenvalue weighted by atomic mass is 16.5. The Balaban J connectivity index is 1.77. The fourth-order valence-corrected chi connectivity index (χ4v) is 3.92. The summed E-state index contributed by atoms with van der Waals surface area (Å²) in [6.07, 6.45) is 0.853. The van der Waals surface area contributed by atoms with Gasteiger partial charge in [-0.15, -0.1) is 0 Å². The Morgan fingerprint density at radius 1 is 1.07 bits per heavy atom. The van der Waals surface area contributed by atoms with Crippen molar-refractivity contribution in [3.05, 3.63) is 40.2 Å². The van der Waals surface area contributed by atoms with Gasteiger partial charge in [0.2, 0.25) is 5.91 Å².